The van der Waals surface area contributed by atoms with Gasteiger partial charge in [0.1, 0.15) is 0 Å². The molecule has 1 heterocycles. The third-order valence-corrected chi connectivity index (χ3v) is 2.42. The fourth-order valence-electron chi connectivity index (χ4n) is 1.46. The van der Waals surface area contributed by atoms with Gasteiger partial charge in [0.15, 0.2) is 0 Å². The van der Waals surface area contributed by atoms with Crippen LogP contribution in [0.3, 0.4) is 0 Å². The van der Waals surface area contributed by atoms with Crippen molar-refractivity contribution in [3.8, 4) is 0 Å². The first-order valence-electron chi connectivity index (χ1n) is 5.63. The predicted molar refractivity (Wildman–Crippen MR) is 63.7 cm³/mol. The van der Waals surface area contributed by atoms with E-state index in [2.05, 4.69) is 10.3 Å². The van der Waals surface area contributed by atoms with Gasteiger partial charge in [-0.1, -0.05) is 6.07 Å². The number of nitrogens with zero attached hydrogens (tertiary/aromatic N) is 1. The molecule has 16 heavy (non-hydrogen) atoms. The van der Waals surface area contributed by atoms with Gasteiger partial charge in [-0.05, 0) is 37.9 Å². The van der Waals surface area contributed by atoms with Crippen LogP contribution in [-0.4, -0.2) is 17.4 Å². The molecule has 0 aliphatic rings. The molecule has 0 spiro atoms. The zero-order valence-electron chi connectivity index (χ0n) is 9.65. The smallest absolute Gasteiger partial charge is 0.220 e. The van der Waals surface area contributed by atoms with Crippen molar-refractivity contribution < 1.29 is 4.79 Å². The Morgan fingerprint density at radius 1 is 1.56 bits per heavy atom. The van der Waals surface area contributed by atoms with Crippen LogP contribution in [0.15, 0.2) is 24.5 Å². The molecule has 1 amide bonds. The van der Waals surface area contributed by atoms with E-state index in [1.54, 1.807) is 12.4 Å². The summed E-state index contributed by atoms with van der Waals surface area (Å²) in [5, 5.41) is 2.94. The van der Waals surface area contributed by atoms with Crippen LogP contribution in [0.2, 0.25) is 0 Å². The van der Waals surface area contributed by atoms with Gasteiger partial charge in [-0.3, -0.25) is 9.78 Å². The van der Waals surface area contributed by atoms with Gasteiger partial charge in [-0.15, -0.1) is 0 Å². The van der Waals surface area contributed by atoms with E-state index >= 15 is 0 Å². The van der Waals surface area contributed by atoms with E-state index in [1.165, 1.54) is 0 Å². The van der Waals surface area contributed by atoms with Gasteiger partial charge in [0.05, 0.1) is 6.04 Å². The predicted octanol–water partition coefficient (Wildman–Crippen LogP) is 1.39. The van der Waals surface area contributed by atoms with Crippen molar-refractivity contribution in [1.29, 1.82) is 0 Å². The van der Waals surface area contributed by atoms with E-state index in [1.807, 2.05) is 19.1 Å². The highest BCUT2D eigenvalue weighted by atomic mass is 16.1. The average Bonchev–Trinajstić information content (AvgIpc) is 2.30. The van der Waals surface area contributed by atoms with Crippen molar-refractivity contribution in [2.45, 2.75) is 32.2 Å². The number of hydrogen-bond acceptors (Lipinski definition) is 3. The Kier molecular flexibility index (Phi) is 5.50. The Hall–Kier alpha value is -1.42. The third kappa shape index (κ3) is 4.40. The van der Waals surface area contributed by atoms with Gasteiger partial charge in [-0.2, -0.15) is 0 Å². The molecule has 0 aliphatic heterocycles. The van der Waals surface area contributed by atoms with Crippen molar-refractivity contribution in [2.24, 2.45) is 5.73 Å². The van der Waals surface area contributed by atoms with Crippen LogP contribution in [0.4, 0.5) is 0 Å². The lowest BCUT2D eigenvalue weighted by molar-refractivity contribution is -0.121. The summed E-state index contributed by atoms with van der Waals surface area (Å²) in [6.07, 6.45) is 5.78. The molecule has 4 heteroatoms. The number of aromatic nitrogens is 1. The first-order chi connectivity index (χ1) is 7.74. The Morgan fingerprint density at radius 3 is 3.00 bits per heavy atom. The molecule has 0 bridgehead atoms. The Labute approximate surface area is 96.3 Å². The minimum atomic E-state index is 0.0130. The molecule has 0 fully saturated rings. The SMILES string of the molecule is CC(NC(=O)CCCCN)c1cccnc1. The lowest BCUT2D eigenvalue weighted by Crippen LogP contribution is -2.26. The van der Waals surface area contributed by atoms with E-state index in [-0.39, 0.29) is 11.9 Å². The number of pyridine rings is 1. The summed E-state index contributed by atoms with van der Waals surface area (Å²) < 4.78 is 0. The third-order valence-electron chi connectivity index (χ3n) is 2.42. The number of amides is 1. The van der Waals surface area contributed by atoms with Crippen LogP contribution in [-0.2, 0) is 4.79 Å². The molecule has 1 aromatic heterocycles. The maximum atomic E-state index is 11.5. The number of unbranched alkanes of at least 4 members (excludes halogenated alkanes) is 1. The quantitative estimate of drug-likeness (QED) is 0.713. The van der Waals surface area contributed by atoms with E-state index in [9.17, 15) is 4.79 Å². The van der Waals surface area contributed by atoms with Crippen LogP contribution < -0.4 is 11.1 Å². The van der Waals surface area contributed by atoms with Gasteiger partial charge < -0.3 is 11.1 Å². The molecule has 88 valence electrons. The molecule has 1 rings (SSSR count). The first-order valence-corrected chi connectivity index (χ1v) is 5.63. The molecule has 1 atom stereocenters. The number of carbonyl (C=O) groups is 1. The number of carbonyl (C=O) groups excluding carboxylic acids is 1. The highest BCUT2D eigenvalue weighted by Gasteiger charge is 2.08. The zero-order valence-corrected chi connectivity index (χ0v) is 9.65. The second kappa shape index (κ2) is 6.95. The van der Waals surface area contributed by atoms with Crippen LogP contribution in [0.1, 0.15) is 37.8 Å². The number of rotatable bonds is 6. The fraction of sp³-hybridized carbons (Fsp3) is 0.500. The summed E-state index contributed by atoms with van der Waals surface area (Å²) in [6.45, 7) is 2.60. The summed E-state index contributed by atoms with van der Waals surface area (Å²) >= 11 is 0. The molecule has 0 saturated heterocycles. The topological polar surface area (TPSA) is 68.0 Å². The van der Waals surface area contributed by atoms with Crippen molar-refractivity contribution in [3.63, 3.8) is 0 Å². The fourth-order valence-corrected chi connectivity index (χ4v) is 1.46. The molecular formula is C12H19N3O. The van der Waals surface area contributed by atoms with Gasteiger partial charge in [0.2, 0.25) is 5.91 Å². The van der Waals surface area contributed by atoms with Crippen molar-refractivity contribution in [2.75, 3.05) is 6.54 Å². The van der Waals surface area contributed by atoms with Crippen LogP contribution in [0.5, 0.6) is 0 Å². The lowest BCUT2D eigenvalue weighted by atomic mass is 10.1. The first kappa shape index (κ1) is 12.6. The lowest BCUT2D eigenvalue weighted by Gasteiger charge is -2.13. The number of nitrogens with two attached hydrogens (primary N) is 1. The minimum absolute atomic E-state index is 0.0130. The number of hydrogen-bond donors (Lipinski definition) is 2. The van der Waals surface area contributed by atoms with Gasteiger partial charge in [-0.25, -0.2) is 0 Å². The molecule has 1 unspecified atom stereocenters. The molecule has 0 aromatic carbocycles. The maximum Gasteiger partial charge on any atom is 0.220 e. The standard InChI is InChI=1S/C12H19N3O/c1-10(11-5-4-8-14-9-11)15-12(16)6-2-3-7-13/h4-5,8-10H,2-3,6-7,13H2,1H3,(H,15,16). The molecule has 0 radical (unpaired) electrons. The van der Waals surface area contributed by atoms with E-state index in [0.717, 1.165) is 18.4 Å². The van der Waals surface area contributed by atoms with Gasteiger partial charge in [0.25, 0.3) is 0 Å². The highest BCUT2D eigenvalue weighted by molar-refractivity contribution is 5.76. The Morgan fingerprint density at radius 2 is 2.38 bits per heavy atom. The van der Waals surface area contributed by atoms with E-state index in [4.69, 9.17) is 5.73 Å². The summed E-state index contributed by atoms with van der Waals surface area (Å²) in [7, 11) is 0. The number of nitrogens with one attached hydrogen (secondary N) is 1. The minimum Gasteiger partial charge on any atom is -0.350 e. The normalized spacial score (nSPS) is 12.1. The monoisotopic (exact) mass is 221 g/mol. The average molecular weight is 221 g/mol. The zero-order chi connectivity index (χ0) is 11.8. The summed E-state index contributed by atoms with van der Waals surface area (Å²) in [5.74, 6) is 0.0739. The Bertz CT molecular complexity index is 313. The molecule has 0 saturated carbocycles. The van der Waals surface area contributed by atoms with E-state index < -0.39 is 0 Å². The largest absolute Gasteiger partial charge is 0.350 e. The molecule has 4 nitrogen and oxygen atoms in total. The van der Waals surface area contributed by atoms with Crippen molar-refractivity contribution >= 4 is 5.91 Å². The van der Waals surface area contributed by atoms with Gasteiger partial charge in [0, 0.05) is 18.8 Å². The molecule has 1 aromatic rings. The van der Waals surface area contributed by atoms with Crippen LogP contribution in [0.25, 0.3) is 0 Å². The van der Waals surface area contributed by atoms with E-state index in [0.29, 0.717) is 13.0 Å². The van der Waals surface area contributed by atoms with Crippen LogP contribution >= 0.6 is 0 Å². The molecule has 3 N–H and O–H groups in total. The van der Waals surface area contributed by atoms with Crippen molar-refractivity contribution in [3.05, 3.63) is 30.1 Å². The second-order valence-electron chi connectivity index (χ2n) is 3.82. The Balaban J connectivity index is 2.34. The maximum absolute atomic E-state index is 11.5. The summed E-state index contributed by atoms with van der Waals surface area (Å²) in [6, 6.07) is 3.84. The van der Waals surface area contributed by atoms with Crippen molar-refractivity contribution in [1.82, 2.24) is 10.3 Å². The van der Waals surface area contributed by atoms with Gasteiger partial charge >= 0.3 is 0 Å². The summed E-state index contributed by atoms with van der Waals surface area (Å²) in [5.41, 5.74) is 6.39. The second-order valence-corrected chi connectivity index (χ2v) is 3.82. The highest BCUT2D eigenvalue weighted by Crippen LogP contribution is 2.10. The molecule has 0 aliphatic carbocycles. The molecular weight excluding hydrogens is 202 g/mol. The summed E-state index contributed by atoms with van der Waals surface area (Å²) in [4.78, 5) is 15.5. The van der Waals surface area contributed by atoms with Crippen LogP contribution in [0, 0.1) is 0 Å².